The summed E-state index contributed by atoms with van der Waals surface area (Å²) in [6.45, 7) is 0.301. The van der Waals surface area contributed by atoms with E-state index in [-0.39, 0.29) is 30.8 Å². The van der Waals surface area contributed by atoms with E-state index in [4.69, 9.17) is 0 Å². The Morgan fingerprint density at radius 2 is 1.61 bits per heavy atom. The second-order valence-electron chi connectivity index (χ2n) is 8.03. The van der Waals surface area contributed by atoms with E-state index in [1.54, 1.807) is 12.1 Å². The number of anilines is 1. The van der Waals surface area contributed by atoms with Gasteiger partial charge in [0.25, 0.3) is 0 Å². The molecule has 5 nitrogen and oxygen atoms in total. The van der Waals surface area contributed by atoms with E-state index >= 15 is 0 Å². The predicted molar refractivity (Wildman–Crippen MR) is 110 cm³/mol. The number of hydrogen-bond acceptors (Lipinski definition) is 3. The van der Waals surface area contributed by atoms with Crippen LogP contribution < -0.4 is 5.32 Å². The first-order valence-electron chi connectivity index (χ1n) is 10.3. The lowest BCUT2D eigenvalue weighted by Crippen LogP contribution is -2.41. The molecule has 0 atom stereocenters. The average molecular weight is 452 g/mol. The molecular weight excluding hydrogens is 429 g/mol. The first-order chi connectivity index (χ1) is 14.8. The smallest absolute Gasteiger partial charge is 0.243 e. The molecule has 9 heteroatoms. The summed E-state index contributed by atoms with van der Waals surface area (Å²) in [5.74, 6) is -5.54. The number of sulfonamides is 1. The Labute approximate surface area is 179 Å². The number of rotatable bonds is 4. The van der Waals surface area contributed by atoms with Gasteiger partial charge in [-0.25, -0.2) is 21.6 Å². The molecule has 1 amide bonds. The van der Waals surface area contributed by atoms with Crippen molar-refractivity contribution in [2.24, 2.45) is 5.92 Å². The van der Waals surface area contributed by atoms with Gasteiger partial charge in [0.1, 0.15) is 0 Å². The predicted octanol–water partition coefficient (Wildman–Crippen LogP) is 4.02. The van der Waals surface area contributed by atoms with Gasteiger partial charge in [0.15, 0.2) is 17.5 Å². The number of benzene rings is 2. The maximum Gasteiger partial charge on any atom is 0.243 e. The Morgan fingerprint density at radius 1 is 0.935 bits per heavy atom. The van der Waals surface area contributed by atoms with E-state index in [1.807, 2.05) is 6.07 Å². The summed E-state index contributed by atoms with van der Waals surface area (Å²) in [5.41, 5.74) is 1.84. The lowest BCUT2D eigenvalue weighted by Gasteiger charge is -2.31. The standard InChI is InChI=1S/C22H23F3N2O3S/c23-18-7-8-19(21(25)20(18)24)26-22(28)15-9-11-27(12-10-15)31(29,30)17-6-5-14-3-1-2-4-16(14)13-17/h5-8,13,15H,1-4,9-12H2,(H,26,28). The van der Waals surface area contributed by atoms with Crippen LogP contribution >= 0.6 is 0 Å². The topological polar surface area (TPSA) is 66.5 Å². The van der Waals surface area contributed by atoms with Gasteiger partial charge >= 0.3 is 0 Å². The number of aryl methyl sites for hydroxylation is 2. The zero-order valence-electron chi connectivity index (χ0n) is 16.8. The quantitative estimate of drug-likeness (QED) is 0.713. The molecule has 2 aromatic carbocycles. The number of hydrogen-bond donors (Lipinski definition) is 1. The van der Waals surface area contributed by atoms with E-state index in [0.717, 1.165) is 43.4 Å². The van der Waals surface area contributed by atoms with Gasteiger partial charge in [0.2, 0.25) is 15.9 Å². The fraction of sp³-hybridized carbons (Fsp3) is 0.409. The van der Waals surface area contributed by atoms with Crippen molar-refractivity contribution < 1.29 is 26.4 Å². The largest absolute Gasteiger partial charge is 0.323 e. The minimum absolute atomic E-state index is 0.151. The summed E-state index contributed by atoms with van der Waals surface area (Å²) in [6, 6.07) is 6.99. The van der Waals surface area contributed by atoms with Gasteiger partial charge in [-0.05, 0) is 73.9 Å². The molecule has 1 saturated heterocycles. The second kappa shape index (κ2) is 8.63. The maximum atomic E-state index is 13.8. The molecule has 1 heterocycles. The monoisotopic (exact) mass is 452 g/mol. The van der Waals surface area contributed by atoms with Crippen LogP contribution in [0.1, 0.15) is 36.8 Å². The molecule has 2 aromatic rings. The average Bonchev–Trinajstić information content (AvgIpc) is 2.79. The minimum atomic E-state index is -3.67. The lowest BCUT2D eigenvalue weighted by molar-refractivity contribution is -0.120. The zero-order chi connectivity index (χ0) is 22.2. The summed E-state index contributed by atoms with van der Waals surface area (Å²) in [5, 5.41) is 2.28. The number of carbonyl (C=O) groups excluding carboxylic acids is 1. The highest BCUT2D eigenvalue weighted by atomic mass is 32.2. The van der Waals surface area contributed by atoms with Crippen molar-refractivity contribution in [1.29, 1.82) is 0 Å². The van der Waals surface area contributed by atoms with E-state index < -0.39 is 45.0 Å². The van der Waals surface area contributed by atoms with Crippen molar-refractivity contribution in [3.05, 3.63) is 58.9 Å². The number of halogens is 3. The number of nitrogens with zero attached hydrogens (tertiary/aromatic N) is 1. The third-order valence-electron chi connectivity index (χ3n) is 6.08. The molecule has 0 radical (unpaired) electrons. The first-order valence-corrected chi connectivity index (χ1v) is 11.8. The molecular formula is C22H23F3N2O3S. The van der Waals surface area contributed by atoms with Gasteiger partial charge < -0.3 is 5.32 Å². The highest BCUT2D eigenvalue weighted by molar-refractivity contribution is 7.89. The lowest BCUT2D eigenvalue weighted by atomic mass is 9.92. The van der Waals surface area contributed by atoms with E-state index in [0.29, 0.717) is 0 Å². The Bertz CT molecular complexity index is 1110. The van der Waals surface area contributed by atoms with Crippen LogP contribution in [0.4, 0.5) is 18.9 Å². The van der Waals surface area contributed by atoms with Crippen molar-refractivity contribution in [2.75, 3.05) is 18.4 Å². The highest BCUT2D eigenvalue weighted by Gasteiger charge is 2.33. The molecule has 1 aliphatic heterocycles. The van der Waals surface area contributed by atoms with Gasteiger partial charge in [-0.3, -0.25) is 4.79 Å². The van der Waals surface area contributed by atoms with Gasteiger partial charge in [0.05, 0.1) is 10.6 Å². The Hall–Kier alpha value is -2.39. The van der Waals surface area contributed by atoms with Crippen LogP contribution in [0, 0.1) is 23.4 Å². The molecule has 2 aliphatic rings. The van der Waals surface area contributed by atoms with Crippen molar-refractivity contribution in [3.8, 4) is 0 Å². The van der Waals surface area contributed by atoms with Crippen molar-refractivity contribution in [2.45, 2.75) is 43.4 Å². The molecule has 1 aliphatic carbocycles. The van der Waals surface area contributed by atoms with Crippen LogP contribution in [-0.4, -0.2) is 31.7 Å². The third-order valence-corrected chi connectivity index (χ3v) is 7.97. The number of amides is 1. The number of fused-ring (bicyclic) bond motifs is 1. The zero-order valence-corrected chi connectivity index (χ0v) is 17.7. The second-order valence-corrected chi connectivity index (χ2v) is 9.97. The van der Waals surface area contributed by atoms with Gasteiger partial charge in [-0.2, -0.15) is 4.31 Å². The van der Waals surface area contributed by atoms with E-state index in [9.17, 15) is 26.4 Å². The van der Waals surface area contributed by atoms with Crippen LogP contribution in [0.2, 0.25) is 0 Å². The molecule has 31 heavy (non-hydrogen) atoms. The fourth-order valence-electron chi connectivity index (χ4n) is 4.23. The fourth-order valence-corrected chi connectivity index (χ4v) is 5.76. The molecule has 1 fully saturated rings. The summed E-state index contributed by atoms with van der Waals surface area (Å²) in [4.78, 5) is 12.7. The van der Waals surface area contributed by atoms with Crippen LogP contribution in [0.25, 0.3) is 0 Å². The van der Waals surface area contributed by atoms with Crippen LogP contribution in [0.5, 0.6) is 0 Å². The van der Waals surface area contributed by atoms with E-state index in [2.05, 4.69) is 5.32 Å². The Kier molecular flexibility index (Phi) is 6.07. The molecule has 166 valence electrons. The molecule has 0 saturated carbocycles. The number of piperidine rings is 1. The molecule has 0 spiro atoms. The van der Waals surface area contributed by atoms with Gasteiger partial charge in [-0.15, -0.1) is 0 Å². The number of nitrogens with one attached hydrogen (secondary N) is 1. The molecule has 4 rings (SSSR count). The SMILES string of the molecule is O=C(Nc1ccc(F)c(F)c1F)C1CCN(S(=O)(=O)c2ccc3c(c2)CCCC3)CC1. The van der Waals surface area contributed by atoms with Gasteiger partial charge in [0, 0.05) is 19.0 Å². The highest BCUT2D eigenvalue weighted by Crippen LogP contribution is 2.29. The Balaban J connectivity index is 1.41. The Morgan fingerprint density at radius 3 is 2.32 bits per heavy atom. The van der Waals surface area contributed by atoms with Gasteiger partial charge in [-0.1, -0.05) is 6.07 Å². The summed E-state index contributed by atoms with van der Waals surface area (Å²) >= 11 is 0. The maximum absolute atomic E-state index is 13.8. The molecule has 1 N–H and O–H groups in total. The van der Waals surface area contributed by atoms with Crippen LogP contribution in [0.15, 0.2) is 35.2 Å². The third kappa shape index (κ3) is 4.34. The minimum Gasteiger partial charge on any atom is -0.323 e. The summed E-state index contributed by atoms with van der Waals surface area (Å²) < 4.78 is 67.7. The summed E-state index contributed by atoms with van der Waals surface area (Å²) in [7, 11) is -3.67. The molecule has 0 bridgehead atoms. The number of carbonyl (C=O) groups is 1. The molecule has 0 unspecified atom stereocenters. The van der Waals surface area contributed by atoms with Crippen LogP contribution in [-0.2, 0) is 27.7 Å². The van der Waals surface area contributed by atoms with Crippen molar-refractivity contribution in [3.63, 3.8) is 0 Å². The van der Waals surface area contributed by atoms with Crippen molar-refractivity contribution in [1.82, 2.24) is 4.31 Å². The van der Waals surface area contributed by atoms with E-state index in [1.165, 1.54) is 9.87 Å². The summed E-state index contributed by atoms with van der Waals surface area (Å²) in [6.07, 6.45) is 4.51. The van der Waals surface area contributed by atoms with Crippen LogP contribution in [0.3, 0.4) is 0 Å². The normalized spacial score (nSPS) is 17.9. The first kappa shape index (κ1) is 21.8. The van der Waals surface area contributed by atoms with Crippen molar-refractivity contribution >= 4 is 21.6 Å². The molecule has 0 aromatic heterocycles.